The Morgan fingerprint density at radius 3 is 2.88 bits per heavy atom. The average Bonchev–Trinajstić information content (AvgIpc) is 2.72. The number of azo groups is 1. The highest BCUT2D eigenvalue weighted by molar-refractivity contribution is 5.93. The Kier molecular flexibility index (Phi) is 3.13. The number of carbonyl (C=O) groups is 1. The maximum absolute atomic E-state index is 10.9. The van der Waals surface area contributed by atoms with E-state index in [1.807, 2.05) is 6.92 Å². The molecule has 0 spiro atoms. The second-order valence-electron chi connectivity index (χ2n) is 3.72. The minimum Gasteiger partial charge on any atom is -0.478 e. The number of nitrogens with one attached hydrogen (secondary N) is 1. The van der Waals surface area contributed by atoms with Gasteiger partial charge in [0.15, 0.2) is 0 Å². The second-order valence-corrected chi connectivity index (χ2v) is 3.72. The summed E-state index contributed by atoms with van der Waals surface area (Å²) in [6.07, 6.45) is 1.65. The summed E-state index contributed by atoms with van der Waals surface area (Å²) in [7, 11) is 0. The minimum absolute atomic E-state index is 0.0794. The number of hydrogen-bond donors (Lipinski definition) is 2. The molecule has 1 aromatic carbocycles. The standard InChI is InChI=1S/C11H12N4O2/c1-7-10(6-12-13-7)15-14-9-5-3-2-4-8(9)11(16)17/h2-7,10,13H,1H3,(H,16,17). The largest absolute Gasteiger partial charge is 0.478 e. The topological polar surface area (TPSA) is 86.4 Å². The highest BCUT2D eigenvalue weighted by Crippen LogP contribution is 2.20. The molecule has 88 valence electrons. The molecular formula is C11H12N4O2. The number of hydrazone groups is 1. The molecule has 0 saturated carbocycles. The van der Waals surface area contributed by atoms with E-state index in [9.17, 15) is 4.79 Å². The van der Waals surface area contributed by atoms with Gasteiger partial charge >= 0.3 is 5.97 Å². The number of rotatable bonds is 3. The van der Waals surface area contributed by atoms with E-state index in [0.717, 1.165) is 0 Å². The fourth-order valence-electron chi connectivity index (χ4n) is 1.44. The molecule has 2 atom stereocenters. The highest BCUT2D eigenvalue weighted by Gasteiger charge is 2.18. The average molecular weight is 232 g/mol. The summed E-state index contributed by atoms with van der Waals surface area (Å²) in [6.45, 7) is 1.93. The Morgan fingerprint density at radius 2 is 2.24 bits per heavy atom. The molecule has 0 radical (unpaired) electrons. The fourth-order valence-corrected chi connectivity index (χ4v) is 1.44. The van der Waals surface area contributed by atoms with Crippen LogP contribution in [0.25, 0.3) is 0 Å². The maximum Gasteiger partial charge on any atom is 0.337 e. The van der Waals surface area contributed by atoms with Crippen molar-refractivity contribution in [2.75, 3.05) is 0 Å². The monoisotopic (exact) mass is 232 g/mol. The number of carboxylic acids is 1. The van der Waals surface area contributed by atoms with Crippen LogP contribution in [0.1, 0.15) is 17.3 Å². The zero-order valence-electron chi connectivity index (χ0n) is 9.24. The number of nitrogens with zero attached hydrogens (tertiary/aromatic N) is 3. The Labute approximate surface area is 98.1 Å². The number of aromatic carboxylic acids is 1. The Bertz CT molecular complexity index is 484. The van der Waals surface area contributed by atoms with Crippen LogP contribution in [-0.4, -0.2) is 29.4 Å². The van der Waals surface area contributed by atoms with E-state index in [4.69, 9.17) is 5.11 Å². The molecule has 0 fully saturated rings. The summed E-state index contributed by atoms with van der Waals surface area (Å²) in [6, 6.07) is 6.43. The van der Waals surface area contributed by atoms with Gasteiger partial charge in [-0.25, -0.2) is 4.79 Å². The third-order valence-corrected chi connectivity index (χ3v) is 2.45. The first-order valence-electron chi connectivity index (χ1n) is 5.20. The molecule has 0 aromatic heterocycles. The molecule has 0 amide bonds. The van der Waals surface area contributed by atoms with E-state index in [1.54, 1.807) is 24.4 Å². The predicted octanol–water partition coefficient (Wildman–Crippen LogP) is 1.81. The maximum atomic E-state index is 10.9. The zero-order chi connectivity index (χ0) is 12.3. The van der Waals surface area contributed by atoms with Crippen LogP contribution in [0.5, 0.6) is 0 Å². The van der Waals surface area contributed by atoms with Crippen molar-refractivity contribution < 1.29 is 9.90 Å². The summed E-state index contributed by atoms with van der Waals surface area (Å²) in [5.74, 6) is -1.01. The SMILES string of the molecule is CC1NN=CC1N=Nc1ccccc1C(=O)O. The molecule has 1 heterocycles. The van der Waals surface area contributed by atoms with Crippen LogP contribution in [0.2, 0.25) is 0 Å². The first-order valence-corrected chi connectivity index (χ1v) is 5.20. The van der Waals surface area contributed by atoms with Gasteiger partial charge in [-0.05, 0) is 19.1 Å². The molecule has 6 nitrogen and oxygen atoms in total. The number of hydrogen-bond acceptors (Lipinski definition) is 5. The van der Waals surface area contributed by atoms with Gasteiger partial charge in [0.1, 0.15) is 6.04 Å². The van der Waals surface area contributed by atoms with Gasteiger partial charge in [-0.2, -0.15) is 15.3 Å². The molecule has 2 N–H and O–H groups in total. The molecule has 0 bridgehead atoms. The third-order valence-electron chi connectivity index (χ3n) is 2.45. The van der Waals surface area contributed by atoms with Crippen molar-refractivity contribution in [2.24, 2.45) is 15.3 Å². The summed E-state index contributed by atoms with van der Waals surface area (Å²) < 4.78 is 0. The summed E-state index contributed by atoms with van der Waals surface area (Å²) in [4.78, 5) is 10.9. The molecule has 0 aliphatic carbocycles. The van der Waals surface area contributed by atoms with E-state index in [1.165, 1.54) is 6.07 Å². The summed E-state index contributed by atoms with van der Waals surface area (Å²) >= 11 is 0. The van der Waals surface area contributed by atoms with E-state index < -0.39 is 5.97 Å². The van der Waals surface area contributed by atoms with Crippen molar-refractivity contribution in [3.05, 3.63) is 29.8 Å². The van der Waals surface area contributed by atoms with Crippen molar-refractivity contribution in [1.82, 2.24) is 5.43 Å². The first kappa shape index (κ1) is 11.3. The number of carboxylic acid groups (broad SMARTS) is 1. The highest BCUT2D eigenvalue weighted by atomic mass is 16.4. The lowest BCUT2D eigenvalue weighted by atomic mass is 10.2. The predicted molar refractivity (Wildman–Crippen MR) is 62.8 cm³/mol. The van der Waals surface area contributed by atoms with E-state index in [2.05, 4.69) is 20.8 Å². The van der Waals surface area contributed by atoms with Crippen LogP contribution >= 0.6 is 0 Å². The van der Waals surface area contributed by atoms with Crippen LogP contribution < -0.4 is 5.43 Å². The molecule has 1 aliphatic rings. The fraction of sp³-hybridized carbons (Fsp3) is 0.273. The molecule has 6 heteroatoms. The quantitative estimate of drug-likeness (QED) is 0.779. The van der Waals surface area contributed by atoms with E-state index in [0.29, 0.717) is 5.69 Å². The molecule has 2 unspecified atom stereocenters. The Balaban J connectivity index is 2.21. The molecule has 1 aromatic rings. The van der Waals surface area contributed by atoms with E-state index >= 15 is 0 Å². The van der Waals surface area contributed by atoms with Crippen molar-refractivity contribution in [3.8, 4) is 0 Å². The van der Waals surface area contributed by atoms with Gasteiger partial charge in [-0.15, -0.1) is 0 Å². The van der Waals surface area contributed by atoms with Crippen LogP contribution in [0.3, 0.4) is 0 Å². The summed E-state index contributed by atoms with van der Waals surface area (Å²) in [5, 5.41) is 20.9. The summed E-state index contributed by atoms with van der Waals surface area (Å²) in [5.41, 5.74) is 3.34. The lowest BCUT2D eigenvalue weighted by Crippen LogP contribution is -2.26. The molecule has 17 heavy (non-hydrogen) atoms. The van der Waals surface area contributed by atoms with Crippen LogP contribution in [0.4, 0.5) is 5.69 Å². The van der Waals surface area contributed by atoms with Gasteiger partial charge in [-0.3, -0.25) is 0 Å². The van der Waals surface area contributed by atoms with Gasteiger partial charge < -0.3 is 10.5 Å². The van der Waals surface area contributed by atoms with Crippen molar-refractivity contribution in [3.63, 3.8) is 0 Å². The normalized spacial score (nSPS) is 22.9. The van der Waals surface area contributed by atoms with Gasteiger partial charge in [-0.1, -0.05) is 12.1 Å². The van der Waals surface area contributed by atoms with Crippen LogP contribution in [0, 0.1) is 0 Å². The smallest absolute Gasteiger partial charge is 0.337 e. The van der Waals surface area contributed by atoms with Crippen LogP contribution in [0.15, 0.2) is 39.6 Å². The molecular weight excluding hydrogens is 220 g/mol. The zero-order valence-corrected chi connectivity index (χ0v) is 9.24. The third kappa shape index (κ3) is 2.47. The van der Waals surface area contributed by atoms with Crippen molar-refractivity contribution in [1.29, 1.82) is 0 Å². The number of benzene rings is 1. The molecule has 2 rings (SSSR count). The van der Waals surface area contributed by atoms with E-state index in [-0.39, 0.29) is 17.6 Å². The van der Waals surface area contributed by atoms with Gasteiger partial charge in [0.25, 0.3) is 0 Å². The lowest BCUT2D eigenvalue weighted by molar-refractivity contribution is 0.0698. The van der Waals surface area contributed by atoms with Crippen molar-refractivity contribution in [2.45, 2.75) is 19.0 Å². The van der Waals surface area contributed by atoms with Crippen LogP contribution in [-0.2, 0) is 0 Å². The Hall–Kier alpha value is -2.24. The van der Waals surface area contributed by atoms with Gasteiger partial charge in [0.05, 0.1) is 23.5 Å². The molecule has 1 aliphatic heterocycles. The van der Waals surface area contributed by atoms with Gasteiger partial charge in [0.2, 0.25) is 0 Å². The lowest BCUT2D eigenvalue weighted by Gasteiger charge is -2.06. The van der Waals surface area contributed by atoms with Crippen molar-refractivity contribution >= 4 is 17.9 Å². The first-order chi connectivity index (χ1) is 8.18. The molecule has 0 saturated heterocycles. The van der Waals surface area contributed by atoms with Gasteiger partial charge in [0, 0.05) is 0 Å². The second kappa shape index (κ2) is 4.73. The minimum atomic E-state index is -1.01. The Morgan fingerprint density at radius 1 is 1.47 bits per heavy atom.